The van der Waals surface area contributed by atoms with Gasteiger partial charge in [-0.05, 0) is 30.7 Å². The van der Waals surface area contributed by atoms with E-state index in [1.807, 2.05) is 0 Å². The molecule has 6 nitrogen and oxygen atoms in total. The predicted molar refractivity (Wildman–Crippen MR) is 82.2 cm³/mol. The quantitative estimate of drug-likeness (QED) is 0.841. The number of anilines is 2. The normalized spacial score (nSPS) is 11.2. The molecule has 1 heterocycles. The van der Waals surface area contributed by atoms with E-state index in [1.54, 1.807) is 19.1 Å². The Kier molecular flexibility index (Phi) is 4.24. The summed E-state index contributed by atoms with van der Waals surface area (Å²) in [6.45, 7) is 1.64. The summed E-state index contributed by atoms with van der Waals surface area (Å²) in [6.07, 6.45) is 1.37. The summed E-state index contributed by atoms with van der Waals surface area (Å²) in [7, 11) is -2.29. The van der Waals surface area contributed by atoms with Gasteiger partial charge in [0.15, 0.2) is 0 Å². The van der Waals surface area contributed by atoms with Crippen LogP contribution in [-0.4, -0.2) is 20.5 Å². The van der Waals surface area contributed by atoms with Crippen LogP contribution in [0.1, 0.15) is 5.56 Å². The molecular weight excluding hydrogens is 314 g/mol. The molecule has 2 rings (SSSR count). The van der Waals surface area contributed by atoms with Crippen LogP contribution in [0, 0.1) is 6.92 Å². The Morgan fingerprint density at radius 1 is 1.33 bits per heavy atom. The van der Waals surface area contributed by atoms with Gasteiger partial charge in [0.25, 0.3) is 10.0 Å². The van der Waals surface area contributed by atoms with Crippen molar-refractivity contribution in [3.63, 3.8) is 0 Å². The Labute approximate surface area is 128 Å². The van der Waals surface area contributed by atoms with E-state index in [2.05, 4.69) is 9.71 Å². The number of aryl methyl sites for hydroxylation is 1. The van der Waals surface area contributed by atoms with E-state index in [0.29, 0.717) is 22.2 Å². The lowest BCUT2D eigenvalue weighted by molar-refractivity contribution is 0.398. The molecule has 1 aromatic heterocycles. The van der Waals surface area contributed by atoms with Crippen LogP contribution in [0.4, 0.5) is 11.4 Å². The molecule has 0 aliphatic heterocycles. The first kappa shape index (κ1) is 15.4. The zero-order valence-electron chi connectivity index (χ0n) is 11.4. The van der Waals surface area contributed by atoms with Crippen LogP contribution >= 0.6 is 11.6 Å². The number of halogens is 1. The summed E-state index contributed by atoms with van der Waals surface area (Å²) in [5.74, 6) is 0.393. The number of pyridine rings is 1. The van der Waals surface area contributed by atoms with E-state index >= 15 is 0 Å². The molecule has 0 spiro atoms. The Morgan fingerprint density at radius 3 is 2.62 bits per heavy atom. The Balaban J connectivity index is 2.35. The Hall–Kier alpha value is -1.99. The average Bonchev–Trinajstić information content (AvgIpc) is 2.43. The molecule has 0 aliphatic rings. The summed E-state index contributed by atoms with van der Waals surface area (Å²) in [5.41, 5.74) is 6.69. The largest absolute Gasteiger partial charge is 0.481 e. The van der Waals surface area contributed by atoms with Gasteiger partial charge in [-0.25, -0.2) is 13.4 Å². The number of nitrogen functional groups attached to an aromatic ring is 1. The molecule has 112 valence electrons. The highest BCUT2D eigenvalue weighted by molar-refractivity contribution is 7.92. The second-order valence-corrected chi connectivity index (χ2v) is 6.39. The first-order chi connectivity index (χ1) is 9.83. The van der Waals surface area contributed by atoms with Crippen LogP contribution in [0.3, 0.4) is 0 Å². The molecule has 0 atom stereocenters. The first-order valence-electron chi connectivity index (χ1n) is 5.92. The third-order valence-electron chi connectivity index (χ3n) is 2.78. The third kappa shape index (κ3) is 3.37. The van der Waals surface area contributed by atoms with Crippen LogP contribution in [-0.2, 0) is 10.0 Å². The van der Waals surface area contributed by atoms with Crippen LogP contribution in [0.5, 0.6) is 5.88 Å². The second kappa shape index (κ2) is 5.79. The number of benzene rings is 1. The molecule has 0 amide bonds. The predicted octanol–water partition coefficient (Wildman–Crippen LogP) is 2.44. The summed E-state index contributed by atoms with van der Waals surface area (Å²) in [4.78, 5) is 4.00. The van der Waals surface area contributed by atoms with Crippen LogP contribution < -0.4 is 15.2 Å². The van der Waals surface area contributed by atoms with Gasteiger partial charge in [-0.2, -0.15) is 0 Å². The number of nitrogens with two attached hydrogens (primary N) is 1. The van der Waals surface area contributed by atoms with Crippen molar-refractivity contribution in [2.45, 2.75) is 11.8 Å². The topological polar surface area (TPSA) is 94.3 Å². The van der Waals surface area contributed by atoms with Gasteiger partial charge in [0.1, 0.15) is 0 Å². The number of ether oxygens (including phenoxy) is 1. The van der Waals surface area contributed by atoms with E-state index in [-0.39, 0.29) is 10.6 Å². The standard InChI is InChI=1S/C13H14ClN3O3S/c1-8-5-10(14)11(15)6-12(8)21(18,19)17-9-3-4-13(20-2)16-7-9/h3-7,17H,15H2,1-2H3. The lowest BCUT2D eigenvalue weighted by Crippen LogP contribution is -2.15. The molecule has 0 bridgehead atoms. The minimum absolute atomic E-state index is 0.0696. The number of aromatic nitrogens is 1. The van der Waals surface area contributed by atoms with Crippen molar-refractivity contribution in [2.24, 2.45) is 0 Å². The van der Waals surface area contributed by atoms with Crippen LogP contribution in [0.15, 0.2) is 35.4 Å². The van der Waals surface area contributed by atoms with Gasteiger partial charge < -0.3 is 10.5 Å². The number of nitrogens with one attached hydrogen (secondary N) is 1. The van der Waals surface area contributed by atoms with E-state index in [0.717, 1.165) is 0 Å². The lowest BCUT2D eigenvalue weighted by atomic mass is 10.2. The lowest BCUT2D eigenvalue weighted by Gasteiger charge is -2.12. The van der Waals surface area contributed by atoms with Gasteiger partial charge in [-0.3, -0.25) is 4.72 Å². The van der Waals surface area contributed by atoms with E-state index < -0.39 is 10.0 Å². The number of rotatable bonds is 4. The minimum atomic E-state index is -3.77. The number of nitrogens with zero attached hydrogens (tertiary/aromatic N) is 1. The summed E-state index contributed by atoms with van der Waals surface area (Å²) in [6, 6.07) is 5.95. The molecule has 0 radical (unpaired) electrons. The van der Waals surface area contributed by atoms with Crippen molar-refractivity contribution in [2.75, 3.05) is 17.6 Å². The zero-order valence-corrected chi connectivity index (χ0v) is 13.0. The smallest absolute Gasteiger partial charge is 0.262 e. The SMILES string of the molecule is COc1ccc(NS(=O)(=O)c2cc(N)c(Cl)cc2C)cn1. The van der Waals surface area contributed by atoms with Gasteiger partial charge >= 0.3 is 0 Å². The molecule has 21 heavy (non-hydrogen) atoms. The number of methoxy groups -OCH3 is 1. The summed E-state index contributed by atoms with van der Waals surface area (Å²) < 4.78 is 32.1. The van der Waals surface area contributed by atoms with Crippen molar-refractivity contribution in [3.8, 4) is 5.88 Å². The average molecular weight is 328 g/mol. The highest BCUT2D eigenvalue weighted by atomic mass is 35.5. The Bertz CT molecular complexity index is 761. The van der Waals surface area contributed by atoms with E-state index in [1.165, 1.54) is 25.4 Å². The van der Waals surface area contributed by atoms with Crippen LogP contribution in [0.2, 0.25) is 5.02 Å². The van der Waals surface area contributed by atoms with E-state index in [4.69, 9.17) is 22.1 Å². The van der Waals surface area contributed by atoms with Gasteiger partial charge in [-0.15, -0.1) is 0 Å². The highest BCUT2D eigenvalue weighted by Gasteiger charge is 2.18. The summed E-state index contributed by atoms with van der Waals surface area (Å²) in [5, 5.41) is 0.317. The summed E-state index contributed by atoms with van der Waals surface area (Å²) >= 11 is 5.87. The molecule has 0 aliphatic carbocycles. The molecule has 2 aromatic rings. The molecular formula is C13H14ClN3O3S. The molecule has 8 heteroatoms. The molecule has 0 fully saturated rings. The van der Waals surface area contributed by atoms with Gasteiger partial charge in [0.05, 0.1) is 34.6 Å². The Morgan fingerprint density at radius 2 is 2.05 bits per heavy atom. The highest BCUT2D eigenvalue weighted by Crippen LogP contribution is 2.27. The number of hydrogen-bond donors (Lipinski definition) is 2. The van der Waals surface area contributed by atoms with Crippen LogP contribution in [0.25, 0.3) is 0 Å². The molecule has 0 saturated carbocycles. The van der Waals surface area contributed by atoms with Gasteiger partial charge in [0.2, 0.25) is 5.88 Å². The van der Waals surface area contributed by atoms with Crippen molar-refractivity contribution < 1.29 is 13.2 Å². The molecule has 3 N–H and O–H groups in total. The third-order valence-corrected chi connectivity index (χ3v) is 4.63. The van der Waals surface area contributed by atoms with Crippen molar-refractivity contribution in [3.05, 3.63) is 41.0 Å². The maximum atomic E-state index is 12.4. The first-order valence-corrected chi connectivity index (χ1v) is 7.78. The van der Waals surface area contributed by atoms with Crippen molar-refractivity contribution in [1.29, 1.82) is 0 Å². The zero-order chi connectivity index (χ0) is 15.6. The second-order valence-electron chi connectivity index (χ2n) is 4.33. The number of hydrogen-bond acceptors (Lipinski definition) is 5. The molecule has 1 aromatic carbocycles. The van der Waals surface area contributed by atoms with Gasteiger partial charge in [0, 0.05) is 6.07 Å². The monoisotopic (exact) mass is 327 g/mol. The van der Waals surface area contributed by atoms with Crippen molar-refractivity contribution in [1.82, 2.24) is 4.98 Å². The maximum absolute atomic E-state index is 12.4. The minimum Gasteiger partial charge on any atom is -0.481 e. The fourth-order valence-electron chi connectivity index (χ4n) is 1.73. The maximum Gasteiger partial charge on any atom is 0.262 e. The molecule has 0 saturated heterocycles. The van der Waals surface area contributed by atoms with Gasteiger partial charge in [-0.1, -0.05) is 11.6 Å². The fraction of sp³-hybridized carbons (Fsp3) is 0.154. The fourth-order valence-corrected chi connectivity index (χ4v) is 3.25. The molecule has 0 unspecified atom stereocenters. The van der Waals surface area contributed by atoms with E-state index in [9.17, 15) is 8.42 Å². The van der Waals surface area contributed by atoms with Crippen molar-refractivity contribution >= 4 is 33.0 Å². The number of sulfonamides is 1.